The zero-order chi connectivity index (χ0) is 22.5. The minimum atomic E-state index is -4.42. The molecule has 158 valence electrons. The Hall–Kier alpha value is -3.14. The van der Waals surface area contributed by atoms with Crippen LogP contribution in [0.25, 0.3) is 0 Å². The molecule has 0 spiro atoms. The van der Waals surface area contributed by atoms with Gasteiger partial charge in [-0.25, -0.2) is 0 Å². The first-order valence-corrected chi connectivity index (χ1v) is 9.51. The number of ketones is 1. The van der Waals surface area contributed by atoms with Gasteiger partial charge in [0.1, 0.15) is 0 Å². The van der Waals surface area contributed by atoms with Crippen LogP contribution >= 0.6 is 0 Å². The summed E-state index contributed by atoms with van der Waals surface area (Å²) >= 11 is 0. The normalized spacial score (nSPS) is 12.3. The minimum absolute atomic E-state index is 0.168. The molecule has 0 fully saturated rings. The monoisotopic (exact) mass is 416 g/mol. The van der Waals surface area contributed by atoms with Gasteiger partial charge in [-0.15, -0.1) is 0 Å². The molecule has 0 saturated heterocycles. The molecule has 1 unspecified atom stereocenters. The Kier molecular flexibility index (Phi) is 7.38. The largest absolute Gasteiger partial charge is 0.389 e. The molecule has 1 amide bonds. The van der Waals surface area contributed by atoms with Gasteiger partial charge in [0.25, 0.3) is 0 Å². The number of nitrogens with one attached hydrogen (secondary N) is 1. The predicted molar refractivity (Wildman–Crippen MR) is 107 cm³/mol. The Bertz CT molecular complexity index is 958. The van der Waals surface area contributed by atoms with Gasteiger partial charge in [0.2, 0.25) is 5.91 Å². The van der Waals surface area contributed by atoms with Crippen LogP contribution in [0.2, 0.25) is 0 Å². The van der Waals surface area contributed by atoms with Gasteiger partial charge in [-0.3, -0.25) is 9.59 Å². The van der Waals surface area contributed by atoms with Crippen molar-refractivity contribution in [1.29, 1.82) is 5.26 Å². The predicted octanol–water partition coefficient (Wildman–Crippen LogP) is 5.05. The van der Waals surface area contributed by atoms with E-state index < -0.39 is 24.4 Å². The van der Waals surface area contributed by atoms with Gasteiger partial charge >= 0.3 is 6.18 Å². The molecule has 0 heterocycles. The summed E-state index contributed by atoms with van der Waals surface area (Å²) in [6.07, 6.45) is -5.84. The second kappa shape index (κ2) is 9.57. The summed E-state index contributed by atoms with van der Waals surface area (Å²) in [5, 5.41) is 11.5. The number of nitrogens with zero attached hydrogens (tertiary/aromatic N) is 1. The van der Waals surface area contributed by atoms with Crippen molar-refractivity contribution in [2.75, 3.05) is 0 Å². The van der Waals surface area contributed by atoms with E-state index in [1.165, 1.54) is 42.5 Å². The van der Waals surface area contributed by atoms with Crippen LogP contribution in [0.4, 0.5) is 13.2 Å². The number of halogens is 3. The third-order valence-corrected chi connectivity index (χ3v) is 4.60. The summed E-state index contributed by atoms with van der Waals surface area (Å²) in [6.45, 7) is 5.13. The smallest absolute Gasteiger partial charge is 0.354 e. The first kappa shape index (κ1) is 23.1. The minimum Gasteiger partial charge on any atom is -0.354 e. The first-order valence-electron chi connectivity index (χ1n) is 9.51. The summed E-state index contributed by atoms with van der Waals surface area (Å²) in [4.78, 5) is 24.8. The molecule has 0 saturated carbocycles. The summed E-state index contributed by atoms with van der Waals surface area (Å²) in [5.41, 5.74) is 2.06. The highest BCUT2D eigenvalue weighted by Crippen LogP contribution is 2.34. The number of carbonyl (C=O) groups excluding carboxylic acids is 2. The fourth-order valence-corrected chi connectivity index (χ4v) is 3.24. The number of carbonyl (C=O) groups is 2. The summed E-state index contributed by atoms with van der Waals surface area (Å²) < 4.78 is 39.3. The van der Waals surface area contributed by atoms with E-state index in [9.17, 15) is 22.8 Å². The number of alkyl halides is 3. The van der Waals surface area contributed by atoms with Gasteiger partial charge < -0.3 is 5.32 Å². The standard InChI is InChI=1S/C23H23F3N2O2/c1-14(2)28-21(29)11-19(12-23(24,25)26)18-8-9-20(15(3)10-18)22(30)17-6-4-16(13-27)5-7-17/h4-10,14,19H,11-12H2,1-3H3,(H,28,29). The van der Waals surface area contributed by atoms with Crippen molar-refractivity contribution in [3.63, 3.8) is 0 Å². The van der Waals surface area contributed by atoms with Gasteiger partial charge in [-0.2, -0.15) is 18.4 Å². The highest BCUT2D eigenvalue weighted by molar-refractivity contribution is 6.09. The molecular weight excluding hydrogens is 393 g/mol. The Morgan fingerprint density at radius 2 is 1.73 bits per heavy atom. The van der Waals surface area contributed by atoms with Gasteiger partial charge in [0, 0.05) is 29.5 Å². The molecule has 0 radical (unpaired) electrons. The van der Waals surface area contributed by atoms with Crippen molar-refractivity contribution in [3.8, 4) is 6.07 Å². The quantitative estimate of drug-likeness (QED) is 0.642. The summed E-state index contributed by atoms with van der Waals surface area (Å²) in [6, 6.07) is 12.5. The highest BCUT2D eigenvalue weighted by Gasteiger charge is 2.34. The van der Waals surface area contributed by atoms with Crippen LogP contribution in [0.15, 0.2) is 42.5 Å². The van der Waals surface area contributed by atoms with Crippen molar-refractivity contribution in [3.05, 3.63) is 70.3 Å². The van der Waals surface area contributed by atoms with Gasteiger partial charge in [-0.1, -0.05) is 18.2 Å². The maximum atomic E-state index is 13.1. The van der Waals surface area contributed by atoms with E-state index in [-0.39, 0.29) is 18.2 Å². The van der Waals surface area contributed by atoms with Gasteiger partial charge in [0.05, 0.1) is 18.1 Å². The second-order valence-corrected chi connectivity index (χ2v) is 7.54. The molecular formula is C23H23F3N2O2. The zero-order valence-corrected chi connectivity index (χ0v) is 17.0. The third-order valence-electron chi connectivity index (χ3n) is 4.60. The van der Waals surface area contributed by atoms with E-state index in [1.807, 2.05) is 6.07 Å². The molecule has 0 aliphatic rings. The lowest BCUT2D eigenvalue weighted by atomic mass is 9.88. The number of rotatable bonds is 7. The molecule has 1 atom stereocenters. The van der Waals surface area contributed by atoms with Gasteiger partial charge in [-0.05, 0) is 56.2 Å². The van der Waals surface area contributed by atoms with Crippen molar-refractivity contribution in [1.82, 2.24) is 5.32 Å². The highest BCUT2D eigenvalue weighted by atomic mass is 19.4. The molecule has 0 aliphatic heterocycles. The summed E-state index contributed by atoms with van der Waals surface area (Å²) in [7, 11) is 0. The van der Waals surface area contributed by atoms with Crippen LogP contribution in [-0.2, 0) is 4.79 Å². The molecule has 2 aromatic carbocycles. The number of nitriles is 1. The number of hydrogen-bond donors (Lipinski definition) is 1. The topological polar surface area (TPSA) is 70.0 Å². The molecule has 7 heteroatoms. The van der Waals surface area contributed by atoms with Crippen LogP contribution in [0, 0.1) is 18.3 Å². The number of benzene rings is 2. The number of aryl methyl sites for hydroxylation is 1. The average molecular weight is 416 g/mol. The van der Waals surface area contributed by atoms with Crippen LogP contribution in [0.5, 0.6) is 0 Å². The Morgan fingerprint density at radius 3 is 2.23 bits per heavy atom. The molecule has 0 aliphatic carbocycles. The summed E-state index contributed by atoms with van der Waals surface area (Å²) in [5.74, 6) is -1.77. The van der Waals surface area contributed by atoms with Crippen LogP contribution < -0.4 is 5.32 Å². The van der Waals surface area contributed by atoms with E-state index in [2.05, 4.69) is 5.32 Å². The second-order valence-electron chi connectivity index (χ2n) is 7.54. The van der Waals surface area contributed by atoms with E-state index in [0.717, 1.165) is 0 Å². The average Bonchev–Trinajstić information content (AvgIpc) is 2.65. The van der Waals surface area contributed by atoms with Crippen molar-refractivity contribution in [2.24, 2.45) is 0 Å². The zero-order valence-electron chi connectivity index (χ0n) is 17.0. The molecule has 4 nitrogen and oxygen atoms in total. The lowest BCUT2D eigenvalue weighted by Gasteiger charge is -2.21. The molecule has 30 heavy (non-hydrogen) atoms. The van der Waals surface area contributed by atoms with Crippen molar-refractivity contribution in [2.45, 2.75) is 51.7 Å². The maximum Gasteiger partial charge on any atom is 0.389 e. The Balaban J connectivity index is 2.30. The van der Waals surface area contributed by atoms with Crippen LogP contribution in [-0.4, -0.2) is 23.9 Å². The first-order chi connectivity index (χ1) is 14.0. The maximum absolute atomic E-state index is 13.1. The van der Waals surface area contributed by atoms with Crippen LogP contribution in [0.1, 0.15) is 65.2 Å². The number of hydrogen-bond acceptors (Lipinski definition) is 3. The van der Waals surface area contributed by atoms with Gasteiger partial charge in [0.15, 0.2) is 5.78 Å². The van der Waals surface area contributed by atoms with Crippen molar-refractivity contribution >= 4 is 11.7 Å². The molecule has 0 bridgehead atoms. The molecule has 2 rings (SSSR count). The SMILES string of the molecule is Cc1cc(C(CC(=O)NC(C)C)CC(F)(F)F)ccc1C(=O)c1ccc(C#N)cc1. The lowest BCUT2D eigenvalue weighted by Crippen LogP contribution is -2.32. The van der Waals surface area contributed by atoms with Crippen molar-refractivity contribution < 1.29 is 22.8 Å². The van der Waals surface area contributed by atoms with E-state index in [1.54, 1.807) is 20.8 Å². The fourth-order valence-electron chi connectivity index (χ4n) is 3.24. The Morgan fingerprint density at radius 1 is 1.10 bits per heavy atom. The molecule has 1 N–H and O–H groups in total. The lowest BCUT2D eigenvalue weighted by molar-refractivity contribution is -0.141. The van der Waals surface area contributed by atoms with Crippen LogP contribution in [0.3, 0.4) is 0 Å². The van der Waals surface area contributed by atoms with E-state index in [4.69, 9.17) is 5.26 Å². The number of amides is 1. The van der Waals surface area contributed by atoms with E-state index in [0.29, 0.717) is 27.8 Å². The third kappa shape index (κ3) is 6.45. The van der Waals surface area contributed by atoms with E-state index >= 15 is 0 Å². The fraction of sp³-hybridized carbons (Fsp3) is 0.348. The Labute approximate surface area is 173 Å². The molecule has 2 aromatic rings. The molecule has 0 aromatic heterocycles.